The number of likely N-dealkylation sites (tertiary alicyclic amines) is 1. The zero-order chi connectivity index (χ0) is 22.6. The van der Waals surface area contributed by atoms with Crippen molar-refractivity contribution in [2.45, 2.75) is 38.1 Å². The standard InChI is InChI=1S/C22H31N5O4S/c1-30-19-12-17-18(13-20(19)31-10-5-9-27-7-2-3-8-27)25-21(14-23)26-22(17)24-16-6-4-11-32(28,29)15-16/h12-13,16,28-29H,2-11,15H2,1H3,(H,24,25,26). The van der Waals surface area contributed by atoms with Crippen LogP contribution >= 0.6 is 10.6 Å². The van der Waals surface area contributed by atoms with Crippen LogP contribution in [0.25, 0.3) is 10.9 Å². The second-order valence-electron chi connectivity index (χ2n) is 8.44. The number of ether oxygens (including phenoxy) is 2. The molecule has 32 heavy (non-hydrogen) atoms. The Bertz CT molecular complexity index is 990. The van der Waals surface area contributed by atoms with E-state index in [-0.39, 0.29) is 17.6 Å². The molecule has 0 bridgehead atoms. The van der Waals surface area contributed by atoms with Gasteiger partial charge in [-0.15, -0.1) is 0 Å². The molecule has 0 spiro atoms. The van der Waals surface area contributed by atoms with Gasteiger partial charge in [0.1, 0.15) is 11.9 Å². The van der Waals surface area contributed by atoms with E-state index in [0.717, 1.165) is 25.8 Å². The van der Waals surface area contributed by atoms with Crippen molar-refractivity contribution in [1.82, 2.24) is 14.9 Å². The van der Waals surface area contributed by atoms with Gasteiger partial charge in [-0.25, -0.2) is 9.97 Å². The topological polar surface area (TPSA) is 124 Å². The highest BCUT2D eigenvalue weighted by Gasteiger charge is 2.26. The SMILES string of the molecule is COc1cc2c(NC3CCCS(O)(O)C3)nc(C#N)nc2cc1OCCCN1CCCC1. The molecule has 0 saturated carbocycles. The van der Waals surface area contributed by atoms with E-state index in [1.54, 1.807) is 13.2 Å². The molecule has 2 aliphatic heterocycles. The number of benzene rings is 1. The predicted octanol–water partition coefficient (Wildman–Crippen LogP) is 3.70. The van der Waals surface area contributed by atoms with Crippen molar-refractivity contribution in [3.05, 3.63) is 18.0 Å². The summed E-state index contributed by atoms with van der Waals surface area (Å²) in [6.07, 6.45) is 5.01. The molecule has 2 aromatic rings. The van der Waals surface area contributed by atoms with Gasteiger partial charge >= 0.3 is 0 Å². The Morgan fingerprint density at radius 3 is 2.75 bits per heavy atom. The second kappa shape index (κ2) is 10.1. The highest BCUT2D eigenvalue weighted by atomic mass is 32.3. The lowest BCUT2D eigenvalue weighted by Crippen LogP contribution is -2.33. The predicted molar refractivity (Wildman–Crippen MR) is 126 cm³/mol. The molecule has 2 aliphatic rings. The molecule has 1 aromatic heterocycles. The van der Waals surface area contributed by atoms with Gasteiger partial charge in [-0.3, -0.25) is 9.11 Å². The summed E-state index contributed by atoms with van der Waals surface area (Å²) in [6.45, 7) is 3.92. The van der Waals surface area contributed by atoms with Crippen molar-refractivity contribution in [1.29, 1.82) is 5.26 Å². The number of rotatable bonds is 8. The third kappa shape index (κ3) is 5.53. The minimum Gasteiger partial charge on any atom is -0.493 e. The van der Waals surface area contributed by atoms with Crippen molar-refractivity contribution in [2.75, 3.05) is 50.2 Å². The van der Waals surface area contributed by atoms with E-state index in [1.807, 2.05) is 12.1 Å². The fourth-order valence-electron chi connectivity index (χ4n) is 4.40. The quantitative estimate of drug-likeness (QED) is 0.505. The average molecular weight is 462 g/mol. The molecule has 0 radical (unpaired) electrons. The van der Waals surface area contributed by atoms with Gasteiger partial charge in [-0.1, -0.05) is 0 Å². The van der Waals surface area contributed by atoms with E-state index in [2.05, 4.69) is 20.2 Å². The lowest BCUT2D eigenvalue weighted by molar-refractivity contribution is 0.254. The number of methoxy groups -OCH3 is 1. The number of hydrogen-bond acceptors (Lipinski definition) is 9. The molecule has 1 aromatic carbocycles. The van der Waals surface area contributed by atoms with Crippen LogP contribution in [0.5, 0.6) is 11.5 Å². The minimum absolute atomic E-state index is 0.0487. The average Bonchev–Trinajstić information content (AvgIpc) is 3.29. The molecule has 10 heteroatoms. The summed E-state index contributed by atoms with van der Waals surface area (Å²) in [6, 6.07) is 5.48. The van der Waals surface area contributed by atoms with Crippen LogP contribution in [0, 0.1) is 11.3 Å². The van der Waals surface area contributed by atoms with Crippen LogP contribution < -0.4 is 14.8 Å². The molecule has 4 rings (SSSR count). The summed E-state index contributed by atoms with van der Waals surface area (Å²) < 4.78 is 31.8. The summed E-state index contributed by atoms with van der Waals surface area (Å²) in [5, 5.41) is 13.4. The number of anilines is 1. The molecular formula is C22H31N5O4S. The summed E-state index contributed by atoms with van der Waals surface area (Å²) in [5.74, 6) is 2.41. The molecule has 9 nitrogen and oxygen atoms in total. The highest BCUT2D eigenvalue weighted by Crippen LogP contribution is 2.45. The maximum atomic E-state index is 10.1. The van der Waals surface area contributed by atoms with Crippen LogP contribution in [0.15, 0.2) is 12.1 Å². The maximum Gasteiger partial charge on any atom is 0.234 e. The summed E-state index contributed by atoms with van der Waals surface area (Å²) in [5.41, 5.74) is 0.580. The van der Waals surface area contributed by atoms with Gasteiger partial charge in [0.15, 0.2) is 11.5 Å². The fourth-order valence-corrected chi connectivity index (χ4v) is 6.09. The van der Waals surface area contributed by atoms with Gasteiger partial charge < -0.3 is 19.7 Å². The van der Waals surface area contributed by atoms with Gasteiger partial charge in [0.25, 0.3) is 0 Å². The van der Waals surface area contributed by atoms with E-state index in [4.69, 9.17) is 9.47 Å². The minimum atomic E-state index is -2.58. The van der Waals surface area contributed by atoms with Gasteiger partial charge in [-0.2, -0.15) is 15.9 Å². The van der Waals surface area contributed by atoms with Crippen LogP contribution in [0.4, 0.5) is 5.82 Å². The number of nitrogens with one attached hydrogen (secondary N) is 1. The number of fused-ring (bicyclic) bond motifs is 1. The second-order valence-corrected chi connectivity index (χ2v) is 10.8. The van der Waals surface area contributed by atoms with Crippen molar-refractivity contribution >= 4 is 27.3 Å². The molecule has 2 saturated heterocycles. The Labute approximate surface area is 190 Å². The molecule has 174 valence electrons. The normalized spacial score (nSPS) is 21.8. The Hall–Kier alpha value is -2.32. The summed E-state index contributed by atoms with van der Waals surface area (Å²) in [4.78, 5) is 11.2. The van der Waals surface area contributed by atoms with E-state index >= 15 is 0 Å². The van der Waals surface area contributed by atoms with Crippen LogP contribution in [0.1, 0.15) is 37.9 Å². The van der Waals surface area contributed by atoms with E-state index in [9.17, 15) is 14.4 Å². The molecule has 0 aliphatic carbocycles. The first-order chi connectivity index (χ1) is 15.5. The van der Waals surface area contributed by atoms with Crippen LogP contribution in [0.3, 0.4) is 0 Å². The zero-order valence-electron chi connectivity index (χ0n) is 18.4. The fraction of sp³-hybridized carbons (Fsp3) is 0.591. The van der Waals surface area contributed by atoms with Crippen molar-refractivity contribution in [2.24, 2.45) is 0 Å². The Balaban J connectivity index is 1.54. The lowest BCUT2D eigenvalue weighted by Gasteiger charge is -2.40. The van der Waals surface area contributed by atoms with Crippen molar-refractivity contribution in [3.8, 4) is 17.6 Å². The molecule has 2 fully saturated rings. The Kier molecular flexibility index (Phi) is 7.20. The van der Waals surface area contributed by atoms with Gasteiger partial charge in [0.05, 0.1) is 25.0 Å². The Morgan fingerprint density at radius 2 is 2.03 bits per heavy atom. The van der Waals surface area contributed by atoms with Gasteiger partial charge in [0.2, 0.25) is 5.82 Å². The van der Waals surface area contributed by atoms with Crippen molar-refractivity contribution in [3.63, 3.8) is 0 Å². The van der Waals surface area contributed by atoms with Gasteiger partial charge in [0, 0.05) is 29.8 Å². The first kappa shape index (κ1) is 22.9. The van der Waals surface area contributed by atoms with E-state index < -0.39 is 10.6 Å². The third-order valence-corrected chi connectivity index (χ3v) is 7.87. The van der Waals surface area contributed by atoms with E-state index in [0.29, 0.717) is 40.6 Å². The smallest absolute Gasteiger partial charge is 0.234 e. The molecular weight excluding hydrogens is 430 g/mol. The largest absolute Gasteiger partial charge is 0.493 e. The molecule has 0 amide bonds. The summed E-state index contributed by atoms with van der Waals surface area (Å²) >= 11 is 0. The number of nitrogens with zero attached hydrogens (tertiary/aromatic N) is 4. The molecule has 1 unspecified atom stereocenters. The van der Waals surface area contributed by atoms with Crippen LogP contribution in [-0.2, 0) is 0 Å². The van der Waals surface area contributed by atoms with Gasteiger partial charge in [-0.05, 0) is 51.3 Å². The zero-order valence-corrected chi connectivity index (χ0v) is 19.2. The number of nitriles is 1. The molecule has 3 heterocycles. The van der Waals surface area contributed by atoms with Crippen LogP contribution in [0.2, 0.25) is 0 Å². The number of aromatic nitrogens is 2. The van der Waals surface area contributed by atoms with Crippen molar-refractivity contribution < 1.29 is 18.6 Å². The first-order valence-corrected chi connectivity index (χ1v) is 13.0. The lowest BCUT2D eigenvalue weighted by atomic mass is 10.1. The highest BCUT2D eigenvalue weighted by molar-refractivity contribution is 8.24. The molecule has 3 N–H and O–H groups in total. The Morgan fingerprint density at radius 1 is 1.22 bits per heavy atom. The first-order valence-electron chi connectivity index (χ1n) is 11.1. The summed E-state index contributed by atoms with van der Waals surface area (Å²) in [7, 11) is -0.989. The molecule has 1 atom stereocenters. The number of hydrogen-bond donors (Lipinski definition) is 3. The maximum absolute atomic E-state index is 10.1. The monoisotopic (exact) mass is 461 g/mol. The third-order valence-electron chi connectivity index (χ3n) is 5.99. The van der Waals surface area contributed by atoms with E-state index in [1.165, 1.54) is 25.9 Å². The van der Waals surface area contributed by atoms with Crippen LogP contribution in [-0.4, -0.2) is 74.9 Å².